The number of nitrogens with two attached hydrogens (primary N) is 1. The van der Waals surface area contributed by atoms with Crippen LogP contribution in [0.15, 0.2) is 24.3 Å². The molecule has 1 aliphatic rings. The molecule has 0 spiro atoms. The maximum absolute atomic E-state index is 12.1. The van der Waals surface area contributed by atoms with Crippen LogP contribution in [0.1, 0.15) is 32.3 Å². The van der Waals surface area contributed by atoms with Crippen LogP contribution in [-0.4, -0.2) is 29.4 Å². The maximum atomic E-state index is 12.1. The summed E-state index contributed by atoms with van der Waals surface area (Å²) >= 11 is 0. The maximum Gasteiger partial charge on any atom is 0.237 e. The molecular weight excluding hydrogens is 238 g/mol. The summed E-state index contributed by atoms with van der Waals surface area (Å²) in [6, 6.07) is 8.16. The van der Waals surface area contributed by atoms with E-state index in [2.05, 4.69) is 17.1 Å². The molecule has 4 nitrogen and oxygen atoms in total. The summed E-state index contributed by atoms with van der Waals surface area (Å²) in [5.41, 5.74) is 7.70. The van der Waals surface area contributed by atoms with Crippen molar-refractivity contribution in [3.8, 4) is 0 Å². The zero-order valence-electron chi connectivity index (χ0n) is 11.7. The van der Waals surface area contributed by atoms with Crippen molar-refractivity contribution >= 4 is 11.6 Å². The molecule has 1 saturated carbocycles. The molecule has 0 aromatic heterocycles. The number of likely N-dealkylation sites (N-methyl/N-ethyl adjacent to an activating group) is 1. The third-order valence-electron chi connectivity index (χ3n) is 3.59. The Bertz CT molecular complexity index is 443. The van der Waals surface area contributed by atoms with Gasteiger partial charge in [-0.15, -0.1) is 0 Å². The molecule has 1 aromatic rings. The summed E-state index contributed by atoms with van der Waals surface area (Å²) < 4.78 is 0. The van der Waals surface area contributed by atoms with Crippen LogP contribution in [0.25, 0.3) is 0 Å². The fourth-order valence-corrected chi connectivity index (χ4v) is 2.16. The van der Waals surface area contributed by atoms with Crippen LogP contribution in [0.5, 0.6) is 0 Å². The Labute approximate surface area is 115 Å². The molecule has 0 saturated heterocycles. The Balaban J connectivity index is 1.96. The predicted octanol–water partition coefficient (Wildman–Crippen LogP) is 1.76. The topological polar surface area (TPSA) is 58.4 Å². The molecule has 3 N–H and O–H groups in total. The molecule has 104 valence electrons. The van der Waals surface area contributed by atoms with Gasteiger partial charge in [0.05, 0.1) is 6.04 Å². The molecule has 0 heterocycles. The molecule has 1 atom stereocenters. The molecule has 1 unspecified atom stereocenters. The Kier molecular flexibility index (Phi) is 4.43. The highest BCUT2D eigenvalue weighted by molar-refractivity contribution is 5.81. The van der Waals surface area contributed by atoms with Crippen LogP contribution in [0.3, 0.4) is 0 Å². The zero-order chi connectivity index (χ0) is 13.8. The number of nitrogen functional groups attached to an aromatic ring is 1. The number of anilines is 1. The average Bonchev–Trinajstić information content (AvgIpc) is 3.19. The number of nitrogens with zero attached hydrogens (tertiary/aromatic N) is 1. The Morgan fingerprint density at radius 1 is 1.53 bits per heavy atom. The minimum atomic E-state index is -0.105. The second-order valence-electron chi connectivity index (χ2n) is 5.27. The number of benzene rings is 1. The van der Waals surface area contributed by atoms with E-state index >= 15 is 0 Å². The molecule has 0 bridgehead atoms. The van der Waals surface area contributed by atoms with Gasteiger partial charge >= 0.3 is 0 Å². The lowest BCUT2D eigenvalue weighted by molar-refractivity contribution is -0.126. The molecule has 1 fully saturated rings. The van der Waals surface area contributed by atoms with E-state index in [-0.39, 0.29) is 11.9 Å². The Hall–Kier alpha value is -1.55. The van der Waals surface area contributed by atoms with Gasteiger partial charge in [0.1, 0.15) is 0 Å². The predicted molar refractivity (Wildman–Crippen MR) is 77.6 cm³/mol. The van der Waals surface area contributed by atoms with Crippen molar-refractivity contribution < 1.29 is 4.79 Å². The Morgan fingerprint density at radius 2 is 2.26 bits per heavy atom. The van der Waals surface area contributed by atoms with E-state index < -0.39 is 0 Å². The lowest BCUT2D eigenvalue weighted by Gasteiger charge is -2.27. The smallest absolute Gasteiger partial charge is 0.237 e. The number of carbonyl (C=O) groups is 1. The van der Waals surface area contributed by atoms with E-state index in [1.165, 1.54) is 0 Å². The molecular formula is C15H23N3O. The van der Waals surface area contributed by atoms with Gasteiger partial charge in [0.15, 0.2) is 0 Å². The van der Waals surface area contributed by atoms with Gasteiger partial charge in [-0.1, -0.05) is 19.1 Å². The van der Waals surface area contributed by atoms with Crippen molar-refractivity contribution in [3.05, 3.63) is 29.8 Å². The summed E-state index contributed by atoms with van der Waals surface area (Å²) in [5, 5.41) is 3.06. The number of nitrogens with one attached hydrogen (secondary N) is 1. The van der Waals surface area contributed by atoms with Crippen molar-refractivity contribution in [2.45, 2.75) is 45.3 Å². The highest BCUT2D eigenvalue weighted by Crippen LogP contribution is 2.19. The van der Waals surface area contributed by atoms with Gasteiger partial charge in [0.2, 0.25) is 5.91 Å². The molecule has 19 heavy (non-hydrogen) atoms. The van der Waals surface area contributed by atoms with Crippen molar-refractivity contribution in [1.82, 2.24) is 10.2 Å². The van der Waals surface area contributed by atoms with Gasteiger partial charge in [-0.2, -0.15) is 0 Å². The van der Waals surface area contributed by atoms with Crippen molar-refractivity contribution in [2.75, 3.05) is 12.3 Å². The van der Waals surface area contributed by atoms with Gasteiger partial charge in [0.25, 0.3) is 0 Å². The van der Waals surface area contributed by atoms with Gasteiger partial charge < -0.3 is 11.1 Å². The molecule has 2 rings (SSSR count). The largest absolute Gasteiger partial charge is 0.399 e. The fraction of sp³-hybridized carbons (Fsp3) is 0.533. The number of amides is 1. The minimum absolute atomic E-state index is 0.105. The number of hydrogen-bond donors (Lipinski definition) is 2. The van der Waals surface area contributed by atoms with Crippen molar-refractivity contribution in [2.24, 2.45) is 0 Å². The van der Waals surface area contributed by atoms with Gasteiger partial charge in [0, 0.05) is 18.3 Å². The average molecular weight is 261 g/mol. The molecule has 0 aliphatic heterocycles. The Morgan fingerprint density at radius 3 is 2.84 bits per heavy atom. The number of rotatable bonds is 6. The van der Waals surface area contributed by atoms with E-state index in [0.717, 1.165) is 37.2 Å². The lowest BCUT2D eigenvalue weighted by atomic mass is 10.1. The first-order valence-corrected chi connectivity index (χ1v) is 6.99. The van der Waals surface area contributed by atoms with Gasteiger partial charge in [-0.3, -0.25) is 9.69 Å². The van der Waals surface area contributed by atoms with Crippen LogP contribution in [0.4, 0.5) is 5.69 Å². The normalized spacial score (nSPS) is 16.4. The fourth-order valence-electron chi connectivity index (χ4n) is 2.16. The molecule has 0 radical (unpaired) electrons. The first-order chi connectivity index (χ1) is 9.10. The van der Waals surface area contributed by atoms with E-state index in [4.69, 9.17) is 5.73 Å². The lowest BCUT2D eigenvalue weighted by Crippen LogP contribution is -2.45. The second kappa shape index (κ2) is 6.06. The summed E-state index contributed by atoms with van der Waals surface area (Å²) in [7, 11) is 0. The van der Waals surface area contributed by atoms with E-state index in [1.54, 1.807) is 0 Å². The van der Waals surface area contributed by atoms with Crippen molar-refractivity contribution in [1.29, 1.82) is 0 Å². The molecule has 1 amide bonds. The molecule has 1 aliphatic carbocycles. The van der Waals surface area contributed by atoms with E-state index in [1.807, 2.05) is 31.2 Å². The third kappa shape index (κ3) is 3.96. The molecule has 1 aromatic carbocycles. The standard InChI is InChI=1S/C15H23N3O/c1-3-18(10-12-5-4-6-13(16)9-12)11(2)15(19)17-14-7-8-14/h4-6,9,11,14H,3,7-8,10,16H2,1-2H3,(H,17,19). The summed E-state index contributed by atoms with van der Waals surface area (Å²) in [6.07, 6.45) is 2.25. The SMILES string of the molecule is CCN(Cc1cccc(N)c1)C(C)C(=O)NC1CC1. The molecule has 4 heteroatoms. The number of carbonyl (C=O) groups excluding carboxylic acids is 1. The van der Waals surface area contributed by atoms with E-state index in [0.29, 0.717) is 6.04 Å². The first-order valence-electron chi connectivity index (χ1n) is 6.99. The highest BCUT2D eigenvalue weighted by Gasteiger charge is 2.27. The van der Waals surface area contributed by atoms with Gasteiger partial charge in [-0.25, -0.2) is 0 Å². The van der Waals surface area contributed by atoms with Crippen LogP contribution in [0, 0.1) is 0 Å². The van der Waals surface area contributed by atoms with E-state index in [9.17, 15) is 4.79 Å². The van der Waals surface area contributed by atoms with Crippen LogP contribution < -0.4 is 11.1 Å². The van der Waals surface area contributed by atoms with Crippen molar-refractivity contribution in [3.63, 3.8) is 0 Å². The third-order valence-corrected chi connectivity index (χ3v) is 3.59. The van der Waals surface area contributed by atoms with Crippen LogP contribution in [-0.2, 0) is 11.3 Å². The first kappa shape index (κ1) is 13.9. The zero-order valence-corrected chi connectivity index (χ0v) is 11.7. The van der Waals surface area contributed by atoms with Gasteiger partial charge in [-0.05, 0) is 44.0 Å². The summed E-state index contributed by atoms with van der Waals surface area (Å²) in [5.74, 6) is 0.133. The monoisotopic (exact) mass is 261 g/mol. The van der Waals surface area contributed by atoms with Crippen LogP contribution >= 0.6 is 0 Å². The second-order valence-corrected chi connectivity index (χ2v) is 5.27. The summed E-state index contributed by atoms with van der Waals surface area (Å²) in [6.45, 7) is 5.63. The summed E-state index contributed by atoms with van der Waals surface area (Å²) in [4.78, 5) is 14.2. The number of hydrogen-bond acceptors (Lipinski definition) is 3. The quantitative estimate of drug-likeness (QED) is 0.767. The van der Waals surface area contributed by atoms with Crippen LogP contribution in [0.2, 0.25) is 0 Å². The highest BCUT2D eigenvalue weighted by atomic mass is 16.2. The minimum Gasteiger partial charge on any atom is -0.399 e.